The predicted octanol–water partition coefficient (Wildman–Crippen LogP) is 9.43. The number of carbonyl (C=O) groups excluding carboxylic acids is 3. The Kier molecular flexibility index (Phi) is 26.7. The number of esters is 2. The van der Waals surface area contributed by atoms with Crippen molar-refractivity contribution in [1.82, 2.24) is 0 Å². The van der Waals surface area contributed by atoms with Gasteiger partial charge in [-0.25, -0.2) is 4.57 Å². The molecule has 0 aliphatic heterocycles. The molecule has 0 saturated carbocycles. The summed E-state index contributed by atoms with van der Waals surface area (Å²) < 4.78 is 38.9. The number of aryl methyl sites for hydroxylation is 2. The summed E-state index contributed by atoms with van der Waals surface area (Å²) in [6.07, 6.45) is 26.6. The van der Waals surface area contributed by atoms with Crippen molar-refractivity contribution in [2.75, 3.05) is 26.4 Å². The Balaban J connectivity index is 1.68. The highest BCUT2D eigenvalue weighted by molar-refractivity contribution is 7.47. The van der Waals surface area contributed by atoms with Gasteiger partial charge in [0.15, 0.2) is 11.9 Å². The summed E-state index contributed by atoms with van der Waals surface area (Å²) in [7, 11) is -4.45. The molecule has 5 atom stereocenters. The molecule has 0 saturated heterocycles. The minimum absolute atomic E-state index is 0.0137. The largest absolute Gasteiger partial charge is 0.472 e. The Morgan fingerprint density at radius 1 is 0.862 bits per heavy atom. The van der Waals surface area contributed by atoms with Gasteiger partial charge in [-0.15, -0.1) is 0 Å². The summed E-state index contributed by atoms with van der Waals surface area (Å²) in [5.74, 6) is 1.02. The molecule has 0 bridgehead atoms. The Bertz CT molecular complexity index is 1470. The molecule has 1 heterocycles. The summed E-state index contributed by atoms with van der Waals surface area (Å²) in [5.41, 5.74) is 7.95. The fourth-order valence-corrected chi connectivity index (χ4v) is 7.61. The molecule has 58 heavy (non-hydrogen) atoms. The van der Waals surface area contributed by atoms with Crippen LogP contribution in [0.1, 0.15) is 152 Å². The van der Waals surface area contributed by atoms with Crippen molar-refractivity contribution >= 4 is 25.5 Å². The summed E-state index contributed by atoms with van der Waals surface area (Å²) in [4.78, 5) is 47.5. The van der Waals surface area contributed by atoms with Crippen LogP contribution in [-0.4, -0.2) is 66.3 Å². The Hall–Kier alpha value is -2.86. The highest BCUT2D eigenvalue weighted by Gasteiger charge is 2.28. The van der Waals surface area contributed by atoms with E-state index in [9.17, 15) is 28.9 Å². The number of unbranched alkanes of at least 4 members (excludes halogenated alkanes) is 10. The van der Waals surface area contributed by atoms with Crippen LogP contribution in [0.2, 0.25) is 0 Å². The van der Waals surface area contributed by atoms with Gasteiger partial charge in [0, 0.05) is 38.1 Å². The van der Waals surface area contributed by atoms with Gasteiger partial charge in [-0.2, -0.15) is 0 Å². The second-order valence-electron chi connectivity index (χ2n) is 15.5. The second-order valence-corrected chi connectivity index (χ2v) is 16.9. The van der Waals surface area contributed by atoms with E-state index in [1.807, 2.05) is 24.3 Å². The first-order chi connectivity index (χ1) is 27.9. The van der Waals surface area contributed by atoms with Gasteiger partial charge in [0.1, 0.15) is 18.1 Å². The third kappa shape index (κ3) is 21.9. The van der Waals surface area contributed by atoms with Crippen LogP contribution in [0.15, 0.2) is 40.9 Å². The van der Waals surface area contributed by atoms with Gasteiger partial charge < -0.3 is 29.6 Å². The van der Waals surface area contributed by atoms with Crippen LogP contribution in [-0.2, 0) is 50.3 Å². The standard InChI is InChI=1S/C45H74NO11P/c1-5-7-16-23-38(47)28-29-40-37(27-30-41(40)48)22-17-14-15-20-26-45(50)56-39(34-55-58(51,52)54-32-31-46)33-53-44(49)25-19-13-11-9-8-10-12-18-24-43-36(4)35(3)42(57-43)21-6-2/h14,17,27-30,37-40,47H,5-13,15-16,18-26,31-34,46H2,1-4H3,(H,51,52)/b17-14-,29-28+/t37-,38-,39+,40+/m0/s1. The van der Waals surface area contributed by atoms with Crippen molar-refractivity contribution in [2.24, 2.45) is 17.6 Å². The lowest BCUT2D eigenvalue weighted by Gasteiger charge is -2.19. The van der Waals surface area contributed by atoms with Gasteiger partial charge in [-0.3, -0.25) is 23.4 Å². The molecule has 1 aliphatic rings. The third-order valence-corrected chi connectivity index (χ3v) is 11.4. The van der Waals surface area contributed by atoms with Crippen LogP contribution in [0.25, 0.3) is 0 Å². The maximum absolute atomic E-state index is 12.7. The Labute approximate surface area is 348 Å². The van der Waals surface area contributed by atoms with Crippen LogP contribution < -0.4 is 5.73 Å². The van der Waals surface area contributed by atoms with Gasteiger partial charge in [-0.05, 0) is 81.9 Å². The summed E-state index contributed by atoms with van der Waals surface area (Å²) in [6, 6.07) is 0. The minimum Gasteiger partial charge on any atom is -0.466 e. The zero-order chi connectivity index (χ0) is 42.6. The fraction of sp³-hybridized carbons (Fsp3) is 0.711. The molecule has 0 fully saturated rings. The maximum Gasteiger partial charge on any atom is 0.472 e. The Morgan fingerprint density at radius 3 is 2.22 bits per heavy atom. The van der Waals surface area contributed by atoms with Crippen LogP contribution in [0.4, 0.5) is 0 Å². The van der Waals surface area contributed by atoms with Crippen molar-refractivity contribution in [3.8, 4) is 0 Å². The first-order valence-corrected chi connectivity index (χ1v) is 23.4. The Morgan fingerprint density at radius 2 is 1.53 bits per heavy atom. The predicted molar refractivity (Wildman–Crippen MR) is 227 cm³/mol. The van der Waals surface area contributed by atoms with Crippen molar-refractivity contribution in [3.63, 3.8) is 0 Å². The first-order valence-electron chi connectivity index (χ1n) is 21.9. The quantitative estimate of drug-likeness (QED) is 0.0259. The number of furan rings is 1. The number of allylic oxidation sites excluding steroid dienone is 5. The average molecular weight is 836 g/mol. The smallest absolute Gasteiger partial charge is 0.466 e. The number of hydrogen-bond acceptors (Lipinski definition) is 11. The van der Waals surface area contributed by atoms with Crippen LogP contribution in [0.3, 0.4) is 0 Å². The number of phosphoric acid groups is 1. The molecule has 0 spiro atoms. The lowest BCUT2D eigenvalue weighted by atomic mass is 9.90. The molecule has 1 aliphatic carbocycles. The SMILES string of the molecule is CCCCC[C@H](O)/C=C/[C@H]1C(=O)C=C[C@@H]1C/C=C\CCCC(=O)O[C@H](COC(=O)CCCCCCCCCCc1oc(CCC)c(C)c1C)COP(=O)(O)OCCN. The van der Waals surface area contributed by atoms with E-state index in [0.29, 0.717) is 32.1 Å². The normalized spacial score (nSPS) is 17.7. The van der Waals surface area contributed by atoms with Crippen molar-refractivity contribution in [2.45, 2.75) is 168 Å². The molecule has 13 heteroatoms. The molecule has 1 aromatic rings. The molecule has 0 aromatic carbocycles. The first kappa shape index (κ1) is 51.3. The number of ketones is 1. The number of aliphatic hydroxyl groups is 1. The van der Waals surface area contributed by atoms with E-state index in [1.54, 1.807) is 12.2 Å². The van der Waals surface area contributed by atoms with E-state index in [-0.39, 0.29) is 50.2 Å². The number of phosphoric ester groups is 1. The number of carbonyl (C=O) groups is 3. The molecule has 0 amide bonds. The third-order valence-electron chi connectivity index (χ3n) is 10.4. The van der Waals surface area contributed by atoms with Gasteiger partial charge >= 0.3 is 19.8 Å². The monoisotopic (exact) mass is 835 g/mol. The minimum atomic E-state index is -4.45. The van der Waals surface area contributed by atoms with Crippen LogP contribution >= 0.6 is 7.82 Å². The van der Waals surface area contributed by atoms with E-state index >= 15 is 0 Å². The van der Waals surface area contributed by atoms with Crippen LogP contribution in [0.5, 0.6) is 0 Å². The molecule has 1 aromatic heterocycles. The van der Waals surface area contributed by atoms with Gasteiger partial charge in [0.05, 0.1) is 19.3 Å². The molecular weight excluding hydrogens is 761 g/mol. The highest BCUT2D eigenvalue weighted by Crippen LogP contribution is 2.43. The number of rotatable bonds is 34. The van der Waals surface area contributed by atoms with Gasteiger partial charge in [-0.1, -0.05) is 102 Å². The number of hydrogen-bond donors (Lipinski definition) is 3. The number of nitrogens with two attached hydrogens (primary N) is 1. The van der Waals surface area contributed by atoms with E-state index in [2.05, 4.69) is 27.7 Å². The number of ether oxygens (including phenoxy) is 2. The van der Waals surface area contributed by atoms with Crippen molar-refractivity contribution < 1.29 is 51.9 Å². The number of aliphatic hydroxyl groups excluding tert-OH is 1. The molecular formula is C45H74NO11P. The summed E-state index contributed by atoms with van der Waals surface area (Å²) in [6.45, 7) is 7.59. The highest BCUT2D eigenvalue weighted by atomic mass is 31.2. The van der Waals surface area contributed by atoms with E-state index in [1.165, 1.54) is 24.0 Å². The molecule has 4 N–H and O–H groups in total. The van der Waals surface area contributed by atoms with E-state index in [0.717, 1.165) is 82.1 Å². The summed E-state index contributed by atoms with van der Waals surface area (Å²) in [5, 5.41) is 10.2. The lowest BCUT2D eigenvalue weighted by molar-refractivity contribution is -0.161. The molecule has 12 nitrogen and oxygen atoms in total. The second kappa shape index (κ2) is 30.2. The zero-order valence-corrected chi connectivity index (χ0v) is 36.7. The molecule has 1 unspecified atom stereocenters. The van der Waals surface area contributed by atoms with E-state index in [4.69, 9.17) is 28.7 Å². The van der Waals surface area contributed by atoms with Crippen LogP contribution in [0, 0.1) is 25.7 Å². The van der Waals surface area contributed by atoms with Gasteiger partial charge in [0.25, 0.3) is 0 Å². The fourth-order valence-electron chi connectivity index (χ4n) is 6.85. The van der Waals surface area contributed by atoms with E-state index < -0.39 is 38.6 Å². The maximum atomic E-state index is 12.7. The average Bonchev–Trinajstić information content (AvgIpc) is 3.68. The topological polar surface area (TPSA) is 185 Å². The lowest BCUT2D eigenvalue weighted by Crippen LogP contribution is -2.29. The molecule has 2 rings (SSSR count). The molecule has 330 valence electrons. The summed E-state index contributed by atoms with van der Waals surface area (Å²) >= 11 is 0. The van der Waals surface area contributed by atoms with Crippen molar-refractivity contribution in [1.29, 1.82) is 0 Å². The van der Waals surface area contributed by atoms with Gasteiger partial charge in [0.2, 0.25) is 0 Å². The van der Waals surface area contributed by atoms with Crippen molar-refractivity contribution in [3.05, 3.63) is 59.1 Å². The zero-order valence-electron chi connectivity index (χ0n) is 35.8. The molecule has 0 radical (unpaired) electrons.